The van der Waals surface area contributed by atoms with Gasteiger partial charge in [-0.1, -0.05) is 17.3 Å². The molecule has 3 rings (SSSR count). The number of hydrogen-bond acceptors (Lipinski definition) is 6. The first-order valence-electron chi connectivity index (χ1n) is 7.92. The van der Waals surface area contributed by atoms with Crippen LogP contribution in [0.2, 0.25) is 0 Å². The number of rotatable bonds is 6. The van der Waals surface area contributed by atoms with Crippen molar-refractivity contribution in [2.45, 2.75) is 26.5 Å². The topological polar surface area (TPSA) is 84.0 Å². The molecule has 1 aromatic heterocycles. The summed E-state index contributed by atoms with van der Waals surface area (Å²) in [6, 6.07) is 17.1. The van der Waals surface area contributed by atoms with E-state index >= 15 is 0 Å². The van der Waals surface area contributed by atoms with Gasteiger partial charge in [0, 0.05) is 5.69 Å². The van der Waals surface area contributed by atoms with Crippen LogP contribution in [0.4, 0.5) is 5.69 Å². The second kappa shape index (κ2) is 7.49. The third-order valence-corrected chi connectivity index (χ3v) is 3.61. The van der Waals surface area contributed by atoms with Crippen molar-refractivity contribution in [3.8, 4) is 11.8 Å². The van der Waals surface area contributed by atoms with Crippen LogP contribution in [-0.4, -0.2) is 10.1 Å². The van der Waals surface area contributed by atoms with E-state index in [0.717, 1.165) is 17.0 Å². The van der Waals surface area contributed by atoms with E-state index in [9.17, 15) is 0 Å². The van der Waals surface area contributed by atoms with Gasteiger partial charge in [-0.25, -0.2) is 0 Å². The van der Waals surface area contributed by atoms with Crippen molar-refractivity contribution in [1.82, 2.24) is 10.1 Å². The third kappa shape index (κ3) is 4.36. The van der Waals surface area contributed by atoms with Gasteiger partial charge in [0.1, 0.15) is 18.4 Å². The predicted molar refractivity (Wildman–Crippen MR) is 93.0 cm³/mol. The van der Waals surface area contributed by atoms with Crippen LogP contribution in [0.25, 0.3) is 0 Å². The molecule has 6 heteroatoms. The second-order valence-corrected chi connectivity index (χ2v) is 5.67. The summed E-state index contributed by atoms with van der Waals surface area (Å²) in [6.07, 6.45) is 0. The van der Waals surface area contributed by atoms with Crippen molar-refractivity contribution in [1.29, 1.82) is 5.26 Å². The Hall–Kier alpha value is -3.33. The lowest BCUT2D eigenvalue weighted by Crippen LogP contribution is -2.07. The van der Waals surface area contributed by atoms with Gasteiger partial charge in [0.05, 0.1) is 11.6 Å². The number of hydrogen-bond donors (Lipinski definition) is 1. The van der Waals surface area contributed by atoms with E-state index in [4.69, 9.17) is 14.5 Å². The van der Waals surface area contributed by atoms with E-state index < -0.39 is 0 Å². The Balaban J connectivity index is 1.57. The molecule has 1 heterocycles. The van der Waals surface area contributed by atoms with Crippen LogP contribution in [0.3, 0.4) is 0 Å². The molecule has 0 bridgehead atoms. The Morgan fingerprint density at radius 2 is 2.04 bits per heavy atom. The van der Waals surface area contributed by atoms with Crippen molar-refractivity contribution in [2.24, 2.45) is 0 Å². The van der Waals surface area contributed by atoms with Crippen molar-refractivity contribution in [3.63, 3.8) is 0 Å². The Kier molecular flexibility index (Phi) is 4.95. The van der Waals surface area contributed by atoms with Crippen molar-refractivity contribution < 1.29 is 9.26 Å². The van der Waals surface area contributed by atoms with Gasteiger partial charge < -0.3 is 14.6 Å². The highest BCUT2D eigenvalue weighted by Crippen LogP contribution is 2.21. The number of aryl methyl sites for hydroxylation is 1. The predicted octanol–water partition coefficient (Wildman–Crippen LogP) is 4.00. The quantitative estimate of drug-likeness (QED) is 0.733. The summed E-state index contributed by atoms with van der Waals surface area (Å²) in [6.45, 7) is 4.16. The summed E-state index contributed by atoms with van der Waals surface area (Å²) in [4.78, 5) is 4.21. The molecule has 3 aromatic rings. The van der Waals surface area contributed by atoms with Crippen LogP contribution in [0.5, 0.6) is 5.75 Å². The minimum Gasteiger partial charge on any atom is -0.489 e. The van der Waals surface area contributed by atoms with Gasteiger partial charge in [-0.15, -0.1) is 0 Å². The number of aromatic nitrogens is 2. The van der Waals surface area contributed by atoms with E-state index in [1.165, 1.54) is 0 Å². The molecule has 0 saturated heterocycles. The maximum absolute atomic E-state index is 8.92. The molecule has 0 aliphatic carbocycles. The zero-order valence-electron chi connectivity index (χ0n) is 14.1. The molecule has 6 nitrogen and oxygen atoms in total. The molecule has 126 valence electrons. The molecule has 0 fully saturated rings. The summed E-state index contributed by atoms with van der Waals surface area (Å²) in [5, 5.41) is 16.0. The first-order chi connectivity index (χ1) is 12.1. The highest BCUT2D eigenvalue weighted by atomic mass is 16.5. The average Bonchev–Trinajstić information content (AvgIpc) is 3.08. The summed E-state index contributed by atoms with van der Waals surface area (Å²) in [5.74, 6) is 1.93. The Bertz CT molecular complexity index is 881. The van der Waals surface area contributed by atoms with Gasteiger partial charge in [0.2, 0.25) is 5.89 Å². The molecule has 25 heavy (non-hydrogen) atoms. The molecule has 0 unspecified atom stereocenters. The molecular formula is C19H18N4O2. The number of nitrogens with one attached hydrogen (secondary N) is 1. The summed E-state index contributed by atoms with van der Waals surface area (Å²) in [7, 11) is 0. The van der Waals surface area contributed by atoms with Crippen LogP contribution in [-0.2, 0) is 6.61 Å². The highest BCUT2D eigenvalue weighted by Gasteiger charge is 2.12. The largest absolute Gasteiger partial charge is 0.489 e. The molecule has 2 aromatic carbocycles. The first kappa shape index (κ1) is 16.5. The number of nitriles is 1. The standard InChI is InChI=1S/C19H18N4O2/c1-13(19-22-14(2)23-25-19)21-17-6-8-18(9-7-17)24-12-16-5-3-4-15(10-16)11-20/h3-10,13,21H,12H2,1-2H3/t13-/m0/s1. The lowest BCUT2D eigenvalue weighted by molar-refractivity contribution is 0.306. The maximum Gasteiger partial charge on any atom is 0.248 e. The minimum absolute atomic E-state index is 0.0818. The zero-order chi connectivity index (χ0) is 17.6. The summed E-state index contributed by atoms with van der Waals surface area (Å²) in [5.41, 5.74) is 2.52. The second-order valence-electron chi connectivity index (χ2n) is 5.67. The van der Waals surface area contributed by atoms with Gasteiger partial charge >= 0.3 is 0 Å². The van der Waals surface area contributed by atoms with Crippen molar-refractivity contribution in [2.75, 3.05) is 5.32 Å². The van der Waals surface area contributed by atoms with Crippen LogP contribution in [0.15, 0.2) is 53.1 Å². The number of anilines is 1. The number of benzene rings is 2. The van der Waals surface area contributed by atoms with Gasteiger partial charge in [-0.05, 0) is 55.8 Å². The average molecular weight is 334 g/mol. The first-order valence-corrected chi connectivity index (χ1v) is 7.92. The van der Waals surface area contributed by atoms with Crippen LogP contribution in [0, 0.1) is 18.3 Å². The van der Waals surface area contributed by atoms with E-state index in [1.807, 2.05) is 49.4 Å². The minimum atomic E-state index is -0.0818. The zero-order valence-corrected chi connectivity index (χ0v) is 14.1. The van der Waals surface area contributed by atoms with E-state index in [-0.39, 0.29) is 6.04 Å². The van der Waals surface area contributed by atoms with Crippen molar-refractivity contribution in [3.05, 3.63) is 71.4 Å². The molecule has 0 aliphatic heterocycles. The third-order valence-electron chi connectivity index (χ3n) is 3.61. The Labute approximate surface area is 146 Å². The van der Waals surface area contributed by atoms with Crippen LogP contribution < -0.4 is 10.1 Å². The fraction of sp³-hybridized carbons (Fsp3) is 0.211. The molecule has 1 atom stereocenters. The smallest absolute Gasteiger partial charge is 0.248 e. The molecule has 0 amide bonds. The highest BCUT2D eigenvalue weighted by molar-refractivity contribution is 5.47. The normalized spacial score (nSPS) is 11.6. The maximum atomic E-state index is 8.92. The lowest BCUT2D eigenvalue weighted by atomic mass is 10.1. The Morgan fingerprint density at radius 1 is 1.24 bits per heavy atom. The monoisotopic (exact) mass is 334 g/mol. The molecule has 0 saturated carbocycles. The summed E-state index contributed by atoms with van der Waals surface area (Å²) < 4.78 is 10.9. The van der Waals surface area contributed by atoms with E-state index in [2.05, 4.69) is 21.5 Å². The molecule has 0 radical (unpaired) electrons. The van der Waals surface area contributed by atoms with Crippen LogP contribution >= 0.6 is 0 Å². The number of ether oxygens (including phenoxy) is 1. The molecule has 0 spiro atoms. The summed E-state index contributed by atoms with van der Waals surface area (Å²) >= 11 is 0. The van der Waals surface area contributed by atoms with Crippen LogP contribution in [0.1, 0.15) is 35.8 Å². The van der Waals surface area contributed by atoms with E-state index in [0.29, 0.717) is 23.9 Å². The van der Waals surface area contributed by atoms with Gasteiger partial charge in [0.15, 0.2) is 5.82 Å². The SMILES string of the molecule is Cc1noc([C@H](C)Nc2ccc(OCc3cccc(C#N)c3)cc2)n1. The number of nitrogens with zero attached hydrogens (tertiary/aromatic N) is 3. The Morgan fingerprint density at radius 3 is 2.72 bits per heavy atom. The van der Waals surface area contributed by atoms with Crippen molar-refractivity contribution >= 4 is 5.69 Å². The molecule has 0 aliphatic rings. The van der Waals surface area contributed by atoms with Gasteiger partial charge in [0.25, 0.3) is 0 Å². The van der Waals surface area contributed by atoms with Gasteiger partial charge in [-0.2, -0.15) is 10.2 Å². The molecular weight excluding hydrogens is 316 g/mol. The van der Waals surface area contributed by atoms with E-state index in [1.54, 1.807) is 13.0 Å². The molecule has 1 N–H and O–H groups in total. The fourth-order valence-electron chi connectivity index (χ4n) is 2.35. The fourth-order valence-corrected chi connectivity index (χ4v) is 2.35. The van der Waals surface area contributed by atoms with Gasteiger partial charge in [-0.3, -0.25) is 0 Å². The lowest BCUT2D eigenvalue weighted by Gasteiger charge is -2.12.